The minimum atomic E-state index is 0.978. The van der Waals surface area contributed by atoms with E-state index in [1.54, 1.807) is 0 Å². The maximum absolute atomic E-state index is 2.39. The van der Waals surface area contributed by atoms with Gasteiger partial charge in [0.1, 0.15) is 0 Å². The largest absolute Gasteiger partial charge is 0.310 e. The van der Waals surface area contributed by atoms with Gasteiger partial charge in [-0.3, -0.25) is 0 Å². The molecule has 0 saturated carbocycles. The highest BCUT2D eigenvalue weighted by molar-refractivity contribution is 5.93. The first-order chi connectivity index (χ1) is 10.4. The molecule has 4 rings (SSSR count). The lowest BCUT2D eigenvalue weighted by molar-refractivity contribution is 1.12. The van der Waals surface area contributed by atoms with E-state index in [2.05, 4.69) is 83.5 Å². The van der Waals surface area contributed by atoms with E-state index in [4.69, 9.17) is 0 Å². The summed E-state index contributed by atoms with van der Waals surface area (Å²) in [5, 5.41) is 1.36. The van der Waals surface area contributed by atoms with E-state index in [-0.39, 0.29) is 0 Å². The van der Waals surface area contributed by atoms with Gasteiger partial charge < -0.3 is 4.57 Å². The van der Waals surface area contributed by atoms with Crippen molar-refractivity contribution in [3.8, 4) is 0 Å². The average Bonchev–Trinajstić information content (AvgIpc) is 2.78. The Morgan fingerprint density at radius 2 is 1.71 bits per heavy atom. The predicted octanol–water partition coefficient (Wildman–Crippen LogP) is 5.12. The van der Waals surface area contributed by atoms with Crippen molar-refractivity contribution in [3.63, 3.8) is 0 Å². The molecule has 2 aromatic rings. The molecule has 0 saturated heterocycles. The fraction of sp³-hybridized carbons (Fsp3) is 0.100. The van der Waals surface area contributed by atoms with Crippen LogP contribution in [0.25, 0.3) is 22.7 Å². The number of hydrogen-bond donors (Lipinski definition) is 0. The van der Waals surface area contributed by atoms with Crippen LogP contribution in [0.2, 0.25) is 0 Å². The van der Waals surface area contributed by atoms with Crippen LogP contribution in [-0.4, -0.2) is 4.57 Å². The number of allylic oxidation sites excluding steroid dienone is 9. The van der Waals surface area contributed by atoms with E-state index in [1.807, 2.05) is 0 Å². The van der Waals surface area contributed by atoms with Gasteiger partial charge >= 0.3 is 0 Å². The Kier molecular flexibility index (Phi) is 2.97. The number of rotatable bonds is 1. The molecule has 1 aromatic carbocycles. The predicted molar refractivity (Wildman–Crippen MR) is 91.0 cm³/mol. The minimum absolute atomic E-state index is 0.978. The number of benzene rings is 1. The molecule has 0 spiro atoms. The summed E-state index contributed by atoms with van der Waals surface area (Å²) in [5.41, 5.74) is 5.27. The van der Waals surface area contributed by atoms with Gasteiger partial charge in [0.25, 0.3) is 0 Å². The highest BCUT2D eigenvalue weighted by atomic mass is 15.0. The Labute approximate surface area is 124 Å². The second-order valence-electron chi connectivity index (χ2n) is 5.36. The van der Waals surface area contributed by atoms with Gasteiger partial charge in [-0.05, 0) is 36.6 Å². The maximum atomic E-state index is 2.39. The first-order valence-electron chi connectivity index (χ1n) is 7.44. The Balaban J connectivity index is 2.04. The zero-order valence-electron chi connectivity index (χ0n) is 11.9. The molecule has 21 heavy (non-hydrogen) atoms. The summed E-state index contributed by atoms with van der Waals surface area (Å²) in [6, 6.07) is 8.70. The summed E-state index contributed by atoms with van der Waals surface area (Å²) in [4.78, 5) is 0. The van der Waals surface area contributed by atoms with Crippen molar-refractivity contribution >= 4 is 22.7 Å². The van der Waals surface area contributed by atoms with Crippen molar-refractivity contribution < 1.29 is 0 Å². The van der Waals surface area contributed by atoms with Gasteiger partial charge in [-0.25, -0.2) is 0 Å². The number of para-hydroxylation sites is 1. The maximum Gasteiger partial charge on any atom is 0.0537 e. The number of hydrogen-bond acceptors (Lipinski definition) is 0. The standard InChI is InChI=1S/C20H17N/c1-2-5-11-16(10-4-1)21-19-14-7-3-6-12-17(19)18-13-8-9-15-20(18)21/h1-4,6-11,13-15H,5,12H2. The van der Waals surface area contributed by atoms with Crippen molar-refractivity contribution in [3.05, 3.63) is 84.1 Å². The summed E-state index contributed by atoms with van der Waals surface area (Å²) in [6.45, 7) is 0. The first-order valence-corrected chi connectivity index (χ1v) is 7.44. The quantitative estimate of drug-likeness (QED) is 0.678. The van der Waals surface area contributed by atoms with Crippen LogP contribution in [0.15, 0.2) is 72.9 Å². The third kappa shape index (κ3) is 2.02. The molecule has 0 unspecified atom stereocenters. The van der Waals surface area contributed by atoms with E-state index in [9.17, 15) is 0 Å². The van der Waals surface area contributed by atoms with E-state index >= 15 is 0 Å². The molecule has 1 heteroatoms. The number of fused-ring (bicyclic) bond motifs is 3. The molecule has 0 atom stereocenters. The molecule has 0 radical (unpaired) electrons. The van der Waals surface area contributed by atoms with Gasteiger partial charge in [0.15, 0.2) is 0 Å². The summed E-state index contributed by atoms with van der Waals surface area (Å²) in [5.74, 6) is 0. The highest BCUT2D eigenvalue weighted by Crippen LogP contribution is 2.32. The van der Waals surface area contributed by atoms with Crippen molar-refractivity contribution in [2.75, 3.05) is 0 Å². The van der Waals surface area contributed by atoms with Crippen molar-refractivity contribution in [1.29, 1.82) is 0 Å². The van der Waals surface area contributed by atoms with Gasteiger partial charge in [-0.15, -0.1) is 0 Å². The van der Waals surface area contributed by atoms with Crippen molar-refractivity contribution in [2.24, 2.45) is 0 Å². The monoisotopic (exact) mass is 271 g/mol. The molecule has 1 aromatic heterocycles. The number of aromatic nitrogens is 1. The molecule has 102 valence electrons. The van der Waals surface area contributed by atoms with Crippen LogP contribution in [0.1, 0.15) is 17.7 Å². The molecule has 2 aliphatic carbocycles. The van der Waals surface area contributed by atoms with Crippen LogP contribution >= 0.6 is 0 Å². The van der Waals surface area contributed by atoms with Crippen molar-refractivity contribution in [2.45, 2.75) is 12.8 Å². The lowest BCUT2D eigenvalue weighted by atomic mass is 10.1. The SMILES string of the molecule is C1=CCC=C(n2c3c(c4ccccc42)CC=CC=C3)C=C1. The van der Waals surface area contributed by atoms with E-state index in [1.165, 1.54) is 27.9 Å². The Morgan fingerprint density at radius 3 is 2.71 bits per heavy atom. The third-order valence-electron chi connectivity index (χ3n) is 4.08. The zero-order valence-corrected chi connectivity index (χ0v) is 11.9. The summed E-state index contributed by atoms with van der Waals surface area (Å²) in [7, 11) is 0. The molecule has 0 bridgehead atoms. The fourth-order valence-corrected chi connectivity index (χ4v) is 3.14. The molecule has 0 amide bonds. The van der Waals surface area contributed by atoms with Gasteiger partial charge in [0, 0.05) is 11.1 Å². The van der Waals surface area contributed by atoms with Crippen LogP contribution < -0.4 is 0 Å². The molecular weight excluding hydrogens is 254 g/mol. The minimum Gasteiger partial charge on any atom is -0.310 e. The summed E-state index contributed by atoms with van der Waals surface area (Å²) in [6.07, 6.45) is 21.6. The van der Waals surface area contributed by atoms with E-state index in [0.29, 0.717) is 0 Å². The third-order valence-corrected chi connectivity index (χ3v) is 4.08. The van der Waals surface area contributed by atoms with E-state index < -0.39 is 0 Å². The lowest BCUT2D eigenvalue weighted by Crippen LogP contribution is -1.98. The molecule has 1 heterocycles. The Hall–Kier alpha value is -2.54. The molecule has 1 nitrogen and oxygen atoms in total. The second kappa shape index (κ2) is 5.10. The van der Waals surface area contributed by atoms with Crippen LogP contribution in [0.4, 0.5) is 0 Å². The smallest absolute Gasteiger partial charge is 0.0537 e. The van der Waals surface area contributed by atoms with Gasteiger partial charge in [-0.1, -0.05) is 60.7 Å². The zero-order chi connectivity index (χ0) is 14.1. The van der Waals surface area contributed by atoms with Crippen molar-refractivity contribution in [1.82, 2.24) is 4.57 Å². The number of nitrogens with zero attached hydrogens (tertiary/aromatic N) is 1. The van der Waals surface area contributed by atoms with Gasteiger partial charge in [-0.2, -0.15) is 0 Å². The molecule has 0 fully saturated rings. The molecule has 2 aliphatic rings. The summed E-state index contributed by atoms with van der Waals surface area (Å²) >= 11 is 0. The van der Waals surface area contributed by atoms with Gasteiger partial charge in [0.05, 0.1) is 11.2 Å². The van der Waals surface area contributed by atoms with Crippen LogP contribution in [0.5, 0.6) is 0 Å². The Bertz CT molecular complexity index is 838. The normalized spacial score (nSPS) is 16.7. The lowest BCUT2D eigenvalue weighted by Gasteiger charge is -2.10. The van der Waals surface area contributed by atoms with Crippen LogP contribution in [-0.2, 0) is 6.42 Å². The second-order valence-corrected chi connectivity index (χ2v) is 5.36. The molecule has 0 N–H and O–H groups in total. The molecule has 0 aliphatic heterocycles. The topological polar surface area (TPSA) is 4.93 Å². The highest BCUT2D eigenvalue weighted by Gasteiger charge is 2.16. The Morgan fingerprint density at radius 1 is 0.857 bits per heavy atom. The fourth-order valence-electron chi connectivity index (χ4n) is 3.14. The van der Waals surface area contributed by atoms with Crippen LogP contribution in [0.3, 0.4) is 0 Å². The summed E-state index contributed by atoms with van der Waals surface area (Å²) < 4.78 is 2.39. The van der Waals surface area contributed by atoms with E-state index in [0.717, 1.165) is 12.8 Å². The first kappa shape index (κ1) is 12.2. The molecular formula is C20H17N. The average molecular weight is 271 g/mol. The van der Waals surface area contributed by atoms with Crippen LogP contribution in [0, 0.1) is 0 Å². The van der Waals surface area contributed by atoms with Gasteiger partial charge in [0.2, 0.25) is 0 Å².